The first-order valence-corrected chi connectivity index (χ1v) is 6.20. The fourth-order valence-electron chi connectivity index (χ4n) is 1.75. The van der Waals surface area contributed by atoms with E-state index in [0.717, 1.165) is 13.1 Å². The maximum Gasteiger partial charge on any atom is 0.242 e. The van der Waals surface area contributed by atoms with E-state index >= 15 is 0 Å². The topological polar surface area (TPSA) is 85.0 Å². The van der Waals surface area contributed by atoms with E-state index in [2.05, 4.69) is 15.7 Å². The minimum absolute atomic E-state index is 0.170. The predicted octanol–water partition coefficient (Wildman–Crippen LogP) is 0.339. The number of hydrogen-bond donors (Lipinski definition) is 3. The minimum Gasteiger partial charge on any atom is -0.319 e. The number of carbonyl (C=O) groups is 1. The van der Waals surface area contributed by atoms with Gasteiger partial charge in [-0.3, -0.25) is 4.79 Å². The quantitative estimate of drug-likeness (QED) is 0.723. The van der Waals surface area contributed by atoms with Crippen LogP contribution in [0.25, 0.3) is 0 Å². The van der Waals surface area contributed by atoms with Crippen molar-refractivity contribution in [1.29, 1.82) is 0 Å². The summed E-state index contributed by atoms with van der Waals surface area (Å²) in [4.78, 5) is 12.0. The fourth-order valence-corrected chi connectivity index (χ4v) is 1.75. The Labute approximate surface area is 107 Å². The molecule has 1 aliphatic heterocycles. The van der Waals surface area contributed by atoms with Gasteiger partial charge in [-0.1, -0.05) is 20.8 Å². The highest BCUT2D eigenvalue weighted by molar-refractivity contribution is 5.94. The van der Waals surface area contributed by atoms with E-state index < -0.39 is 6.04 Å². The van der Waals surface area contributed by atoms with Crippen molar-refractivity contribution in [3.8, 4) is 0 Å². The number of amides is 1. The molecule has 4 N–H and O–H groups in total. The second-order valence-corrected chi connectivity index (χ2v) is 5.81. The van der Waals surface area contributed by atoms with Crippen LogP contribution in [0.5, 0.6) is 0 Å². The lowest BCUT2D eigenvalue weighted by molar-refractivity contribution is -0.119. The molecule has 1 amide bonds. The van der Waals surface area contributed by atoms with Gasteiger partial charge in [-0.25, -0.2) is 4.68 Å². The van der Waals surface area contributed by atoms with Crippen molar-refractivity contribution in [2.45, 2.75) is 32.9 Å². The summed E-state index contributed by atoms with van der Waals surface area (Å²) in [5.41, 5.74) is 5.67. The average molecular weight is 251 g/mol. The zero-order valence-electron chi connectivity index (χ0n) is 11.1. The lowest BCUT2D eigenvalue weighted by atomic mass is 9.87. The van der Waals surface area contributed by atoms with Gasteiger partial charge in [0.05, 0.1) is 18.3 Å². The van der Waals surface area contributed by atoms with Crippen molar-refractivity contribution in [2.24, 2.45) is 11.1 Å². The third kappa shape index (κ3) is 2.54. The molecular weight excluding hydrogens is 230 g/mol. The van der Waals surface area contributed by atoms with E-state index in [0.29, 0.717) is 11.9 Å². The van der Waals surface area contributed by atoms with Crippen molar-refractivity contribution in [3.63, 3.8) is 0 Å². The standard InChI is InChI=1S/C12H21N5O/c1-12(2,3)10(13)11(18)16-9-4-5-15-17(9)8-6-14-7-8/h4-5,8,10,14H,6-7,13H2,1-3H3,(H,16,18)/t10-/m1/s1. The largest absolute Gasteiger partial charge is 0.319 e. The van der Waals surface area contributed by atoms with E-state index in [-0.39, 0.29) is 11.3 Å². The van der Waals surface area contributed by atoms with Gasteiger partial charge in [-0.2, -0.15) is 5.10 Å². The molecule has 6 heteroatoms. The van der Waals surface area contributed by atoms with Crippen LogP contribution in [0.15, 0.2) is 12.3 Å². The molecule has 0 aromatic carbocycles. The summed E-state index contributed by atoms with van der Waals surface area (Å²) in [5.74, 6) is 0.544. The lowest BCUT2D eigenvalue weighted by Gasteiger charge is -2.30. The Kier molecular flexibility index (Phi) is 3.41. The third-order valence-corrected chi connectivity index (χ3v) is 3.24. The van der Waals surface area contributed by atoms with Crippen LogP contribution in [0.4, 0.5) is 5.82 Å². The van der Waals surface area contributed by atoms with Crippen LogP contribution >= 0.6 is 0 Å². The molecule has 2 rings (SSSR count). The van der Waals surface area contributed by atoms with Gasteiger partial charge in [-0.05, 0) is 5.41 Å². The van der Waals surface area contributed by atoms with Crippen LogP contribution < -0.4 is 16.4 Å². The Morgan fingerprint density at radius 3 is 2.78 bits per heavy atom. The second kappa shape index (κ2) is 4.70. The molecule has 0 spiro atoms. The van der Waals surface area contributed by atoms with E-state index in [1.54, 1.807) is 12.3 Å². The summed E-state index contributed by atoms with van der Waals surface area (Å²) in [6.07, 6.45) is 1.69. The van der Waals surface area contributed by atoms with E-state index in [4.69, 9.17) is 5.73 Å². The number of anilines is 1. The molecule has 1 aromatic rings. The molecule has 6 nitrogen and oxygen atoms in total. The van der Waals surface area contributed by atoms with Crippen LogP contribution in [0.2, 0.25) is 0 Å². The molecular formula is C12H21N5O. The molecule has 0 bridgehead atoms. The van der Waals surface area contributed by atoms with Crippen molar-refractivity contribution in [1.82, 2.24) is 15.1 Å². The summed E-state index contributed by atoms with van der Waals surface area (Å²) in [5, 5.41) is 10.3. The van der Waals surface area contributed by atoms with Crippen molar-refractivity contribution >= 4 is 11.7 Å². The Morgan fingerprint density at radius 1 is 1.61 bits per heavy atom. The van der Waals surface area contributed by atoms with Crippen molar-refractivity contribution in [2.75, 3.05) is 18.4 Å². The molecule has 1 aromatic heterocycles. The van der Waals surface area contributed by atoms with E-state index in [9.17, 15) is 4.79 Å². The van der Waals surface area contributed by atoms with Crippen molar-refractivity contribution in [3.05, 3.63) is 12.3 Å². The Hall–Kier alpha value is -1.40. The number of carbonyl (C=O) groups excluding carboxylic acids is 1. The molecule has 100 valence electrons. The van der Waals surface area contributed by atoms with Gasteiger partial charge in [0.15, 0.2) is 0 Å². The Morgan fingerprint density at radius 2 is 2.28 bits per heavy atom. The lowest BCUT2D eigenvalue weighted by Crippen LogP contribution is -2.47. The number of nitrogens with zero attached hydrogens (tertiary/aromatic N) is 2. The molecule has 1 aliphatic rings. The normalized spacial score (nSPS) is 18.2. The first-order chi connectivity index (χ1) is 8.39. The highest BCUT2D eigenvalue weighted by Crippen LogP contribution is 2.21. The van der Waals surface area contributed by atoms with Gasteiger partial charge in [-0.15, -0.1) is 0 Å². The fraction of sp³-hybridized carbons (Fsp3) is 0.667. The molecule has 2 heterocycles. The maximum atomic E-state index is 12.0. The molecule has 1 saturated heterocycles. The minimum atomic E-state index is -0.541. The number of nitrogens with one attached hydrogen (secondary N) is 2. The van der Waals surface area contributed by atoms with Crippen LogP contribution in [-0.4, -0.2) is 34.8 Å². The molecule has 18 heavy (non-hydrogen) atoms. The SMILES string of the molecule is CC(C)(C)[C@H](N)C(=O)Nc1ccnn1C1CNC1. The summed E-state index contributed by atoms with van der Waals surface area (Å²) in [7, 11) is 0. The van der Waals surface area contributed by atoms with Gasteiger partial charge in [0.2, 0.25) is 5.91 Å². The molecule has 0 unspecified atom stereocenters. The van der Waals surface area contributed by atoms with E-state index in [1.807, 2.05) is 25.5 Å². The number of hydrogen-bond acceptors (Lipinski definition) is 4. The van der Waals surface area contributed by atoms with Crippen LogP contribution in [0.3, 0.4) is 0 Å². The number of aromatic nitrogens is 2. The van der Waals surface area contributed by atoms with Crippen LogP contribution in [-0.2, 0) is 4.79 Å². The first-order valence-electron chi connectivity index (χ1n) is 6.20. The summed E-state index contributed by atoms with van der Waals surface area (Å²) < 4.78 is 1.84. The zero-order chi connectivity index (χ0) is 13.3. The van der Waals surface area contributed by atoms with Gasteiger partial charge in [0.1, 0.15) is 5.82 Å². The third-order valence-electron chi connectivity index (χ3n) is 3.24. The Bertz CT molecular complexity index is 430. The number of nitrogens with two attached hydrogens (primary N) is 1. The number of rotatable bonds is 3. The monoisotopic (exact) mass is 251 g/mol. The average Bonchev–Trinajstić information content (AvgIpc) is 2.61. The summed E-state index contributed by atoms with van der Waals surface area (Å²) in [6.45, 7) is 7.62. The Balaban J connectivity index is 2.05. The predicted molar refractivity (Wildman–Crippen MR) is 70.2 cm³/mol. The molecule has 0 radical (unpaired) electrons. The second-order valence-electron chi connectivity index (χ2n) is 5.81. The van der Waals surface area contributed by atoms with Crippen molar-refractivity contribution < 1.29 is 4.79 Å². The van der Waals surface area contributed by atoms with E-state index in [1.165, 1.54) is 0 Å². The zero-order valence-corrected chi connectivity index (χ0v) is 11.1. The van der Waals surface area contributed by atoms with Gasteiger partial charge in [0.25, 0.3) is 0 Å². The highest BCUT2D eigenvalue weighted by Gasteiger charge is 2.29. The van der Waals surface area contributed by atoms with Crippen LogP contribution in [0.1, 0.15) is 26.8 Å². The summed E-state index contributed by atoms with van der Waals surface area (Å²) in [6, 6.07) is 1.58. The molecule has 0 aliphatic carbocycles. The molecule has 1 fully saturated rings. The van der Waals surface area contributed by atoms with Crippen LogP contribution in [0, 0.1) is 5.41 Å². The smallest absolute Gasteiger partial charge is 0.242 e. The molecule has 0 saturated carbocycles. The molecule has 1 atom stereocenters. The van der Waals surface area contributed by atoms with Gasteiger partial charge >= 0.3 is 0 Å². The summed E-state index contributed by atoms with van der Waals surface area (Å²) >= 11 is 0. The maximum absolute atomic E-state index is 12.0. The van der Waals surface area contributed by atoms with Gasteiger partial charge < -0.3 is 16.4 Å². The highest BCUT2D eigenvalue weighted by atomic mass is 16.2. The first kappa shape index (κ1) is 13.0. The van der Waals surface area contributed by atoms with Gasteiger partial charge in [0, 0.05) is 19.2 Å².